The molecule has 0 spiro atoms. The molecule has 0 aliphatic rings. The van der Waals surface area contributed by atoms with Crippen molar-refractivity contribution in [1.82, 2.24) is 0 Å². The zero-order chi connectivity index (χ0) is 16.1. The van der Waals surface area contributed by atoms with Crippen LogP contribution < -0.4 is 4.74 Å². The van der Waals surface area contributed by atoms with Gasteiger partial charge in [-0.3, -0.25) is 0 Å². The molecule has 22 heavy (non-hydrogen) atoms. The highest BCUT2D eigenvalue weighted by Crippen LogP contribution is 2.28. The molecule has 0 unspecified atom stereocenters. The lowest BCUT2D eigenvalue weighted by Crippen LogP contribution is -2.05. The Labute approximate surface area is 138 Å². The van der Waals surface area contributed by atoms with Gasteiger partial charge in [0.25, 0.3) is 0 Å². The fraction of sp³-hybridized carbons (Fsp3) is 0.167. The fourth-order valence-corrected chi connectivity index (χ4v) is 2.45. The van der Waals surface area contributed by atoms with Crippen LogP contribution in [0.3, 0.4) is 0 Å². The van der Waals surface area contributed by atoms with E-state index in [1.54, 1.807) is 18.2 Å². The molecule has 0 saturated heterocycles. The van der Waals surface area contributed by atoms with Gasteiger partial charge >= 0.3 is 0 Å². The molecule has 4 heteroatoms. The van der Waals surface area contributed by atoms with Crippen LogP contribution in [0.2, 0.25) is 0 Å². The molecular formula is C18H15BrFNO. The van der Waals surface area contributed by atoms with E-state index in [1.165, 1.54) is 12.1 Å². The van der Waals surface area contributed by atoms with Crippen LogP contribution in [-0.2, 0) is 0 Å². The van der Waals surface area contributed by atoms with E-state index >= 15 is 0 Å². The van der Waals surface area contributed by atoms with Crippen molar-refractivity contribution in [1.29, 1.82) is 5.26 Å². The smallest absolute Gasteiger partial charge is 0.133 e. The summed E-state index contributed by atoms with van der Waals surface area (Å²) in [6, 6.07) is 13.7. The standard InChI is InChI=1S/C18H15BrFNO/c1-12(2)22-18-7-6-13(9-17(18)19)8-15(11-21)14-4-3-5-16(20)10-14/h3-10,12H,1-2H3/b15-8-. The minimum absolute atomic E-state index is 0.0830. The van der Waals surface area contributed by atoms with Gasteiger partial charge in [0.2, 0.25) is 0 Å². The molecule has 0 aliphatic heterocycles. The number of hydrogen-bond donors (Lipinski definition) is 0. The Kier molecular flexibility index (Phi) is 5.35. The normalized spacial score (nSPS) is 11.4. The van der Waals surface area contributed by atoms with Crippen molar-refractivity contribution < 1.29 is 9.13 Å². The van der Waals surface area contributed by atoms with Gasteiger partial charge in [0, 0.05) is 0 Å². The van der Waals surface area contributed by atoms with Gasteiger partial charge in [0.1, 0.15) is 11.6 Å². The van der Waals surface area contributed by atoms with Crippen LogP contribution in [-0.4, -0.2) is 6.10 Å². The van der Waals surface area contributed by atoms with Gasteiger partial charge in [-0.25, -0.2) is 4.39 Å². The molecule has 0 fully saturated rings. The average molecular weight is 360 g/mol. The fourth-order valence-electron chi connectivity index (χ4n) is 1.96. The van der Waals surface area contributed by atoms with E-state index in [0.717, 1.165) is 15.8 Å². The molecule has 2 aromatic rings. The van der Waals surface area contributed by atoms with E-state index in [0.29, 0.717) is 11.1 Å². The van der Waals surface area contributed by atoms with Crippen molar-refractivity contribution in [2.24, 2.45) is 0 Å². The number of rotatable bonds is 4. The number of ether oxygens (including phenoxy) is 1. The molecule has 0 aromatic heterocycles. The molecule has 2 rings (SSSR count). The van der Waals surface area contributed by atoms with E-state index in [-0.39, 0.29) is 11.9 Å². The number of benzene rings is 2. The van der Waals surface area contributed by atoms with Crippen LogP contribution in [0.4, 0.5) is 4.39 Å². The molecule has 0 bridgehead atoms. The van der Waals surface area contributed by atoms with Gasteiger partial charge in [-0.1, -0.05) is 18.2 Å². The van der Waals surface area contributed by atoms with Crippen LogP contribution in [0.25, 0.3) is 11.6 Å². The molecule has 112 valence electrons. The quantitative estimate of drug-likeness (QED) is 0.537. The lowest BCUT2D eigenvalue weighted by molar-refractivity contribution is 0.241. The second-order valence-electron chi connectivity index (χ2n) is 5.04. The predicted octanol–water partition coefficient (Wildman–Crippen LogP) is 5.44. The molecule has 0 aliphatic carbocycles. The maximum absolute atomic E-state index is 13.3. The van der Waals surface area contributed by atoms with Crippen molar-refractivity contribution >= 4 is 27.6 Å². The minimum atomic E-state index is -0.361. The van der Waals surface area contributed by atoms with E-state index in [1.807, 2.05) is 32.0 Å². The number of nitriles is 1. The van der Waals surface area contributed by atoms with Gasteiger partial charge in [0.05, 0.1) is 22.2 Å². The summed E-state index contributed by atoms with van der Waals surface area (Å²) < 4.78 is 19.7. The van der Waals surface area contributed by atoms with Gasteiger partial charge in [0.15, 0.2) is 0 Å². The molecule has 0 saturated carbocycles. The highest BCUT2D eigenvalue weighted by atomic mass is 79.9. The zero-order valence-electron chi connectivity index (χ0n) is 12.3. The first-order valence-electron chi connectivity index (χ1n) is 6.83. The second-order valence-corrected chi connectivity index (χ2v) is 5.89. The minimum Gasteiger partial charge on any atom is -0.490 e. The first kappa shape index (κ1) is 16.3. The third-order valence-corrected chi connectivity index (χ3v) is 3.51. The molecular weight excluding hydrogens is 345 g/mol. The van der Waals surface area contributed by atoms with E-state index < -0.39 is 0 Å². The molecule has 0 N–H and O–H groups in total. The maximum atomic E-state index is 13.3. The zero-order valence-corrected chi connectivity index (χ0v) is 13.9. The van der Waals surface area contributed by atoms with Crippen molar-refractivity contribution in [3.8, 4) is 11.8 Å². The summed E-state index contributed by atoms with van der Waals surface area (Å²) in [5.41, 5.74) is 1.80. The Bertz CT molecular complexity index is 747. The van der Waals surface area contributed by atoms with Crippen LogP contribution in [0.1, 0.15) is 25.0 Å². The Morgan fingerprint density at radius 1 is 1.27 bits per heavy atom. The monoisotopic (exact) mass is 359 g/mol. The van der Waals surface area contributed by atoms with Crippen LogP contribution >= 0.6 is 15.9 Å². The summed E-state index contributed by atoms with van der Waals surface area (Å²) in [6.07, 6.45) is 1.80. The molecule has 0 radical (unpaired) electrons. The van der Waals surface area contributed by atoms with E-state index in [2.05, 4.69) is 22.0 Å². The predicted molar refractivity (Wildman–Crippen MR) is 89.8 cm³/mol. The van der Waals surface area contributed by atoms with E-state index in [4.69, 9.17) is 4.74 Å². The molecule has 0 heterocycles. The number of halogens is 2. The van der Waals surface area contributed by atoms with Crippen molar-refractivity contribution in [3.63, 3.8) is 0 Å². The first-order valence-corrected chi connectivity index (χ1v) is 7.63. The Morgan fingerprint density at radius 3 is 2.64 bits per heavy atom. The van der Waals surface area contributed by atoms with Crippen molar-refractivity contribution in [2.45, 2.75) is 20.0 Å². The average Bonchev–Trinajstić information content (AvgIpc) is 2.47. The SMILES string of the molecule is CC(C)Oc1ccc(/C=C(/C#N)c2cccc(F)c2)cc1Br. The van der Waals surface area contributed by atoms with Gasteiger partial charge in [-0.2, -0.15) is 5.26 Å². The molecule has 2 aromatic carbocycles. The van der Waals surface area contributed by atoms with E-state index in [9.17, 15) is 9.65 Å². The summed E-state index contributed by atoms with van der Waals surface area (Å²) in [6.45, 7) is 3.91. The number of allylic oxidation sites excluding steroid dienone is 1. The topological polar surface area (TPSA) is 33.0 Å². The van der Waals surface area contributed by atoms with Gasteiger partial charge < -0.3 is 4.74 Å². The van der Waals surface area contributed by atoms with Crippen LogP contribution in [0.5, 0.6) is 5.75 Å². The number of nitrogens with zero attached hydrogens (tertiary/aromatic N) is 1. The largest absolute Gasteiger partial charge is 0.490 e. The summed E-state index contributed by atoms with van der Waals surface area (Å²) in [5.74, 6) is 0.386. The van der Waals surface area contributed by atoms with Crippen molar-refractivity contribution in [2.75, 3.05) is 0 Å². The lowest BCUT2D eigenvalue weighted by atomic mass is 10.0. The second kappa shape index (κ2) is 7.24. The summed E-state index contributed by atoms with van der Waals surface area (Å²) in [4.78, 5) is 0. The lowest BCUT2D eigenvalue weighted by Gasteiger charge is -2.11. The number of hydrogen-bond acceptors (Lipinski definition) is 2. The van der Waals surface area contributed by atoms with Gasteiger partial charge in [-0.05, 0) is 71.2 Å². The third-order valence-electron chi connectivity index (χ3n) is 2.89. The Hall–Kier alpha value is -2.12. The molecule has 0 amide bonds. The van der Waals surface area contributed by atoms with Crippen LogP contribution in [0.15, 0.2) is 46.9 Å². The highest BCUT2D eigenvalue weighted by molar-refractivity contribution is 9.10. The Morgan fingerprint density at radius 2 is 2.05 bits per heavy atom. The third kappa shape index (κ3) is 4.19. The maximum Gasteiger partial charge on any atom is 0.133 e. The van der Waals surface area contributed by atoms with Crippen LogP contribution in [0, 0.1) is 17.1 Å². The highest BCUT2D eigenvalue weighted by Gasteiger charge is 2.06. The summed E-state index contributed by atoms with van der Waals surface area (Å²) >= 11 is 3.46. The summed E-state index contributed by atoms with van der Waals surface area (Å²) in [7, 11) is 0. The first-order chi connectivity index (χ1) is 10.5. The van der Waals surface area contributed by atoms with Gasteiger partial charge in [-0.15, -0.1) is 0 Å². The Balaban J connectivity index is 2.35. The molecule has 0 atom stereocenters. The summed E-state index contributed by atoms with van der Waals surface area (Å²) in [5, 5.41) is 9.30. The van der Waals surface area contributed by atoms with Crippen molar-refractivity contribution in [3.05, 3.63) is 63.9 Å². The molecule has 2 nitrogen and oxygen atoms in total.